The lowest BCUT2D eigenvalue weighted by Crippen LogP contribution is -2.34. The first-order chi connectivity index (χ1) is 13.5. The maximum atomic E-state index is 13.3. The quantitative estimate of drug-likeness (QED) is 0.649. The summed E-state index contributed by atoms with van der Waals surface area (Å²) in [6, 6.07) is 23.9. The highest BCUT2D eigenvalue weighted by Gasteiger charge is 2.50. The van der Waals surface area contributed by atoms with E-state index in [0.717, 1.165) is 15.4 Å². The van der Waals surface area contributed by atoms with Gasteiger partial charge in [0, 0.05) is 0 Å². The highest BCUT2D eigenvalue weighted by molar-refractivity contribution is 7.89. The Morgan fingerprint density at radius 2 is 1.32 bits per heavy atom. The number of hydrogen-bond acceptors (Lipinski definition) is 4. The number of carbonyl (C=O) groups is 1. The van der Waals surface area contributed by atoms with Crippen molar-refractivity contribution in [2.45, 2.75) is 24.0 Å². The van der Waals surface area contributed by atoms with Crippen LogP contribution < -0.4 is 0 Å². The summed E-state index contributed by atoms with van der Waals surface area (Å²) < 4.78 is 33.1. The minimum Gasteiger partial charge on any atom is -0.438 e. The van der Waals surface area contributed by atoms with Gasteiger partial charge in [-0.25, -0.2) is 13.2 Å². The molecule has 1 aliphatic heterocycles. The second-order valence-electron chi connectivity index (χ2n) is 6.68. The van der Waals surface area contributed by atoms with E-state index in [1.54, 1.807) is 24.3 Å². The molecule has 3 aromatic carbocycles. The third-order valence-corrected chi connectivity index (χ3v) is 6.56. The molecule has 0 spiro atoms. The number of hydrogen-bond donors (Lipinski definition) is 0. The molecule has 5 nitrogen and oxygen atoms in total. The Hall–Kier alpha value is -3.12. The van der Waals surface area contributed by atoms with E-state index in [-0.39, 0.29) is 4.90 Å². The van der Waals surface area contributed by atoms with Gasteiger partial charge in [-0.3, -0.25) is 0 Å². The smallest absolute Gasteiger partial charge is 0.425 e. The summed E-state index contributed by atoms with van der Waals surface area (Å²) in [5.74, 6) is 0. The molecule has 0 bridgehead atoms. The van der Waals surface area contributed by atoms with E-state index in [0.29, 0.717) is 5.56 Å². The topological polar surface area (TPSA) is 63.7 Å². The average Bonchev–Trinajstić information content (AvgIpc) is 3.07. The molecular formula is C22H19NO4S. The van der Waals surface area contributed by atoms with Crippen molar-refractivity contribution in [3.05, 3.63) is 102 Å². The monoisotopic (exact) mass is 393 g/mol. The molecule has 0 saturated carbocycles. The van der Waals surface area contributed by atoms with Crippen molar-refractivity contribution in [2.75, 3.05) is 0 Å². The van der Waals surface area contributed by atoms with Crippen LogP contribution in [0.4, 0.5) is 4.79 Å². The zero-order valence-corrected chi connectivity index (χ0v) is 16.0. The third kappa shape index (κ3) is 3.16. The molecule has 1 saturated heterocycles. The first-order valence-electron chi connectivity index (χ1n) is 8.90. The van der Waals surface area contributed by atoms with Crippen LogP contribution in [0.2, 0.25) is 0 Å². The van der Waals surface area contributed by atoms with Crippen molar-refractivity contribution < 1.29 is 17.9 Å². The number of amides is 1. The van der Waals surface area contributed by atoms with Crippen LogP contribution in [0.1, 0.15) is 28.8 Å². The van der Waals surface area contributed by atoms with Crippen LogP contribution >= 0.6 is 0 Å². The normalized spacial score (nSPS) is 19.5. The summed E-state index contributed by atoms with van der Waals surface area (Å²) in [6.45, 7) is 1.87. The number of aryl methyl sites for hydroxylation is 1. The molecule has 1 aliphatic rings. The Morgan fingerprint density at radius 3 is 1.89 bits per heavy atom. The van der Waals surface area contributed by atoms with Gasteiger partial charge in [0.25, 0.3) is 10.0 Å². The first kappa shape index (κ1) is 18.3. The van der Waals surface area contributed by atoms with Gasteiger partial charge in [0.05, 0.1) is 4.90 Å². The van der Waals surface area contributed by atoms with Gasteiger partial charge in [0.1, 0.15) is 6.04 Å². The molecule has 0 aromatic heterocycles. The van der Waals surface area contributed by atoms with Crippen LogP contribution in [0.15, 0.2) is 89.8 Å². The standard InChI is InChI=1S/C22H19NO4S/c1-16-12-14-19(15-13-16)28(25,26)23-20(17-8-4-2-5-9-17)21(27-22(23)24)18-10-6-3-7-11-18/h2-15,20-21H,1H3. The lowest BCUT2D eigenvalue weighted by atomic mass is 9.97. The highest BCUT2D eigenvalue weighted by atomic mass is 32.2. The van der Waals surface area contributed by atoms with Gasteiger partial charge in [-0.1, -0.05) is 78.4 Å². The van der Waals surface area contributed by atoms with E-state index in [4.69, 9.17) is 4.74 Å². The zero-order chi connectivity index (χ0) is 19.7. The lowest BCUT2D eigenvalue weighted by Gasteiger charge is -2.25. The Bertz CT molecular complexity index is 1080. The zero-order valence-electron chi connectivity index (χ0n) is 15.2. The summed E-state index contributed by atoms with van der Waals surface area (Å²) >= 11 is 0. The summed E-state index contributed by atoms with van der Waals surface area (Å²) in [5.41, 5.74) is 2.37. The average molecular weight is 393 g/mol. The number of ether oxygens (including phenoxy) is 1. The van der Waals surface area contributed by atoms with E-state index >= 15 is 0 Å². The van der Waals surface area contributed by atoms with Crippen LogP contribution in [0.25, 0.3) is 0 Å². The predicted octanol–water partition coefficient (Wildman–Crippen LogP) is 4.62. The van der Waals surface area contributed by atoms with Gasteiger partial charge in [0.15, 0.2) is 6.10 Å². The second-order valence-corrected chi connectivity index (χ2v) is 8.50. The van der Waals surface area contributed by atoms with Crippen LogP contribution in [-0.4, -0.2) is 18.8 Å². The van der Waals surface area contributed by atoms with Crippen LogP contribution in [0.3, 0.4) is 0 Å². The van der Waals surface area contributed by atoms with Gasteiger partial charge >= 0.3 is 6.09 Å². The number of sulfonamides is 1. The molecule has 6 heteroatoms. The van der Waals surface area contributed by atoms with E-state index in [2.05, 4.69) is 0 Å². The molecule has 2 atom stereocenters. The van der Waals surface area contributed by atoms with Crippen molar-refractivity contribution in [3.8, 4) is 0 Å². The van der Waals surface area contributed by atoms with Crippen LogP contribution in [-0.2, 0) is 14.8 Å². The molecule has 3 aromatic rings. The Balaban J connectivity index is 1.85. The van der Waals surface area contributed by atoms with E-state index in [1.165, 1.54) is 12.1 Å². The van der Waals surface area contributed by atoms with Crippen molar-refractivity contribution in [1.29, 1.82) is 0 Å². The van der Waals surface area contributed by atoms with Crippen molar-refractivity contribution in [1.82, 2.24) is 4.31 Å². The molecule has 28 heavy (non-hydrogen) atoms. The largest absolute Gasteiger partial charge is 0.438 e. The van der Waals surface area contributed by atoms with Gasteiger partial charge in [-0.15, -0.1) is 0 Å². The summed E-state index contributed by atoms with van der Waals surface area (Å²) in [7, 11) is -4.08. The molecule has 142 valence electrons. The van der Waals surface area contributed by atoms with E-state index in [9.17, 15) is 13.2 Å². The van der Waals surface area contributed by atoms with Crippen molar-refractivity contribution in [2.24, 2.45) is 0 Å². The van der Waals surface area contributed by atoms with Crippen molar-refractivity contribution in [3.63, 3.8) is 0 Å². The van der Waals surface area contributed by atoms with Gasteiger partial charge in [-0.2, -0.15) is 4.31 Å². The molecule has 1 fully saturated rings. The van der Waals surface area contributed by atoms with E-state index < -0.39 is 28.3 Å². The molecular weight excluding hydrogens is 374 g/mol. The maximum Gasteiger partial charge on any atom is 0.425 e. The Morgan fingerprint density at radius 1 is 0.786 bits per heavy atom. The molecule has 0 radical (unpaired) electrons. The number of carbonyl (C=O) groups excluding carboxylic acids is 1. The van der Waals surface area contributed by atoms with E-state index in [1.807, 2.05) is 55.5 Å². The SMILES string of the molecule is Cc1ccc(S(=O)(=O)N2C(=O)OC(c3ccccc3)C2c2ccccc2)cc1. The maximum absolute atomic E-state index is 13.3. The first-order valence-corrected chi connectivity index (χ1v) is 10.3. The van der Waals surface area contributed by atoms with Gasteiger partial charge in [-0.05, 0) is 30.2 Å². The fourth-order valence-corrected chi connectivity index (χ4v) is 4.86. The minimum absolute atomic E-state index is 0.0599. The van der Waals surface area contributed by atoms with Gasteiger partial charge in [0.2, 0.25) is 0 Å². The highest BCUT2D eigenvalue weighted by Crippen LogP contribution is 2.45. The molecule has 1 heterocycles. The predicted molar refractivity (Wildman–Crippen MR) is 105 cm³/mol. The molecule has 0 N–H and O–H groups in total. The minimum atomic E-state index is -4.08. The Labute approximate surface area is 164 Å². The molecule has 2 unspecified atom stereocenters. The molecule has 4 rings (SSSR count). The summed E-state index contributed by atoms with van der Waals surface area (Å²) in [5, 5.41) is 0. The number of nitrogens with zero attached hydrogens (tertiary/aromatic N) is 1. The fourth-order valence-electron chi connectivity index (χ4n) is 3.39. The number of benzene rings is 3. The van der Waals surface area contributed by atoms with Crippen LogP contribution in [0, 0.1) is 6.92 Å². The lowest BCUT2D eigenvalue weighted by molar-refractivity contribution is 0.131. The van der Waals surface area contributed by atoms with Crippen LogP contribution in [0.5, 0.6) is 0 Å². The molecule has 0 aliphatic carbocycles. The van der Waals surface area contributed by atoms with Gasteiger partial charge < -0.3 is 4.74 Å². The number of rotatable bonds is 4. The third-order valence-electron chi connectivity index (χ3n) is 4.79. The molecule has 1 amide bonds. The van der Waals surface area contributed by atoms with Crippen molar-refractivity contribution >= 4 is 16.1 Å². The number of cyclic esters (lactones) is 1. The Kier molecular flexibility index (Phi) is 4.65. The fraction of sp³-hybridized carbons (Fsp3) is 0.136. The second kappa shape index (κ2) is 7.13. The summed E-state index contributed by atoms with van der Waals surface area (Å²) in [6.07, 6.45) is -1.60. The summed E-state index contributed by atoms with van der Waals surface area (Å²) in [4.78, 5) is 12.8.